The highest BCUT2D eigenvalue weighted by Crippen LogP contribution is 2.28. The second-order valence-corrected chi connectivity index (χ2v) is 8.93. The molecule has 0 unspecified atom stereocenters. The van der Waals surface area contributed by atoms with Crippen LogP contribution in [0.1, 0.15) is 0 Å². The lowest BCUT2D eigenvalue weighted by Gasteiger charge is -2.10. The predicted octanol–water partition coefficient (Wildman–Crippen LogP) is 2.72. The largest absolute Gasteiger partial charge is 0.496 e. The van der Waals surface area contributed by atoms with Gasteiger partial charge in [0, 0.05) is 24.7 Å². The molecule has 4 aromatic rings. The van der Waals surface area contributed by atoms with E-state index in [2.05, 4.69) is 20.0 Å². The zero-order chi connectivity index (χ0) is 24.3. The number of ether oxygens (including phenoxy) is 2. The molecule has 2 heterocycles. The number of rotatable bonds is 9. The zero-order valence-electron chi connectivity index (χ0n) is 17.6. The number of hydrogen-bond acceptors (Lipinski definition) is 9. The molecule has 0 radical (unpaired) electrons. The lowest BCUT2D eigenvalue weighted by Crippen LogP contribution is -2.28. The first-order chi connectivity index (χ1) is 16.3. The Labute approximate surface area is 198 Å². The highest BCUT2D eigenvalue weighted by molar-refractivity contribution is 7.89. The van der Waals surface area contributed by atoms with Gasteiger partial charge in [-0.1, -0.05) is 23.7 Å². The van der Waals surface area contributed by atoms with E-state index < -0.39 is 25.5 Å². The molecule has 2 aromatic carbocycles. The molecule has 12 nitrogen and oxygen atoms in total. The summed E-state index contributed by atoms with van der Waals surface area (Å²) in [7, 11) is -2.56. The number of hydrogen-bond donors (Lipinski definition) is 1. The molecular weight excluding hydrogens is 488 g/mol. The van der Waals surface area contributed by atoms with Crippen LogP contribution in [0.5, 0.6) is 11.6 Å². The summed E-state index contributed by atoms with van der Waals surface area (Å²) >= 11 is 5.92. The molecule has 0 aliphatic heterocycles. The Morgan fingerprint density at radius 2 is 1.94 bits per heavy atom. The Balaban J connectivity index is 1.46. The van der Waals surface area contributed by atoms with Crippen molar-refractivity contribution < 1.29 is 22.8 Å². The Hall–Kier alpha value is -3.81. The van der Waals surface area contributed by atoms with E-state index in [0.29, 0.717) is 22.8 Å². The molecule has 0 atom stereocenters. The van der Waals surface area contributed by atoms with Gasteiger partial charge in [-0.2, -0.15) is 4.52 Å². The van der Waals surface area contributed by atoms with Crippen LogP contribution in [0.15, 0.2) is 59.5 Å². The van der Waals surface area contributed by atoms with Crippen LogP contribution >= 0.6 is 11.6 Å². The number of fused-ring (bicyclic) bond motifs is 1. The average molecular weight is 505 g/mol. The molecule has 0 saturated heterocycles. The van der Waals surface area contributed by atoms with Gasteiger partial charge in [-0.05, 0) is 24.3 Å². The fraction of sp³-hybridized carbons (Fsp3) is 0.150. The molecule has 4 rings (SSSR count). The molecule has 34 heavy (non-hydrogen) atoms. The Morgan fingerprint density at radius 1 is 1.15 bits per heavy atom. The molecule has 0 aliphatic carbocycles. The van der Waals surface area contributed by atoms with E-state index in [0.717, 1.165) is 18.2 Å². The van der Waals surface area contributed by atoms with Gasteiger partial charge in [0.1, 0.15) is 17.3 Å². The van der Waals surface area contributed by atoms with Gasteiger partial charge in [0.15, 0.2) is 11.5 Å². The molecule has 14 heteroatoms. The van der Waals surface area contributed by atoms with Gasteiger partial charge in [0.05, 0.1) is 22.6 Å². The summed E-state index contributed by atoms with van der Waals surface area (Å²) in [5, 5.41) is 23.4. The summed E-state index contributed by atoms with van der Waals surface area (Å²) in [4.78, 5) is 9.84. The summed E-state index contributed by atoms with van der Waals surface area (Å²) in [6.45, 7) is -0.209. The average Bonchev–Trinajstić information content (AvgIpc) is 3.25. The standard InChI is InChI=1S/C20H17ClN6O6S/c1-32-16-5-3-2-4-14(16)20-24-23-18-8-9-19(25-26(18)20)33-11-10-22-34(30,31)17-12-13(27(28)29)6-7-15(17)21/h2-9,12,22H,10-11H2,1H3. The van der Waals surface area contributed by atoms with Gasteiger partial charge in [0.2, 0.25) is 15.9 Å². The maximum atomic E-state index is 12.5. The minimum Gasteiger partial charge on any atom is -0.496 e. The molecule has 0 aliphatic rings. The van der Waals surface area contributed by atoms with Crippen LogP contribution < -0.4 is 14.2 Å². The number of benzene rings is 2. The van der Waals surface area contributed by atoms with Gasteiger partial charge >= 0.3 is 0 Å². The van der Waals surface area contributed by atoms with Crippen molar-refractivity contribution in [1.82, 2.24) is 24.5 Å². The van der Waals surface area contributed by atoms with Crippen molar-refractivity contribution in [2.24, 2.45) is 0 Å². The zero-order valence-corrected chi connectivity index (χ0v) is 19.2. The van der Waals surface area contributed by atoms with Crippen LogP contribution in [-0.4, -0.2) is 53.4 Å². The minimum atomic E-state index is -4.10. The van der Waals surface area contributed by atoms with Crippen molar-refractivity contribution in [1.29, 1.82) is 0 Å². The van der Waals surface area contributed by atoms with Crippen molar-refractivity contribution in [2.75, 3.05) is 20.3 Å². The highest BCUT2D eigenvalue weighted by atomic mass is 35.5. The maximum absolute atomic E-state index is 12.5. The van der Waals surface area contributed by atoms with Crippen molar-refractivity contribution in [3.63, 3.8) is 0 Å². The van der Waals surface area contributed by atoms with Gasteiger partial charge in [0.25, 0.3) is 5.69 Å². The molecule has 0 bridgehead atoms. The Kier molecular flexibility index (Phi) is 6.58. The maximum Gasteiger partial charge on any atom is 0.270 e. The summed E-state index contributed by atoms with van der Waals surface area (Å²) in [5.74, 6) is 1.24. The SMILES string of the molecule is COc1ccccc1-c1nnc2ccc(OCCNS(=O)(=O)c3cc([N+](=O)[O-])ccc3Cl)nn12. The van der Waals surface area contributed by atoms with E-state index in [9.17, 15) is 18.5 Å². The lowest BCUT2D eigenvalue weighted by atomic mass is 10.2. The monoisotopic (exact) mass is 504 g/mol. The van der Waals surface area contributed by atoms with E-state index in [-0.39, 0.29) is 24.1 Å². The van der Waals surface area contributed by atoms with E-state index in [1.165, 1.54) is 4.52 Å². The smallest absolute Gasteiger partial charge is 0.270 e. The number of sulfonamides is 1. The van der Waals surface area contributed by atoms with Gasteiger partial charge in [-0.25, -0.2) is 13.1 Å². The van der Waals surface area contributed by atoms with Gasteiger partial charge in [-0.3, -0.25) is 10.1 Å². The van der Waals surface area contributed by atoms with Crippen molar-refractivity contribution in [2.45, 2.75) is 4.90 Å². The summed E-state index contributed by atoms with van der Waals surface area (Å²) in [6, 6.07) is 13.7. The number of nitro groups is 1. The van der Waals surface area contributed by atoms with Crippen molar-refractivity contribution >= 4 is 33.0 Å². The number of nitrogens with zero attached hydrogens (tertiary/aromatic N) is 5. The van der Waals surface area contributed by atoms with Crippen LogP contribution in [-0.2, 0) is 10.0 Å². The van der Waals surface area contributed by atoms with Gasteiger partial charge in [-0.15, -0.1) is 15.3 Å². The summed E-state index contributed by atoms with van der Waals surface area (Å²) in [5.41, 5.74) is 0.774. The first-order valence-corrected chi connectivity index (χ1v) is 11.6. The van der Waals surface area contributed by atoms with Crippen LogP contribution in [0.2, 0.25) is 5.02 Å². The van der Waals surface area contributed by atoms with Crippen LogP contribution in [0.25, 0.3) is 17.0 Å². The van der Waals surface area contributed by atoms with Crippen LogP contribution in [0, 0.1) is 10.1 Å². The predicted molar refractivity (Wildman–Crippen MR) is 122 cm³/mol. The Bertz CT molecular complexity index is 1480. The molecule has 176 valence electrons. The number of para-hydroxylation sites is 1. The number of nitro benzene ring substituents is 1. The van der Waals surface area contributed by atoms with Crippen molar-refractivity contribution in [3.8, 4) is 23.0 Å². The molecule has 1 N–H and O–H groups in total. The second kappa shape index (κ2) is 9.59. The number of non-ortho nitro benzene ring substituents is 1. The lowest BCUT2D eigenvalue weighted by molar-refractivity contribution is -0.385. The first kappa shape index (κ1) is 23.4. The third-order valence-electron chi connectivity index (χ3n) is 4.65. The molecule has 0 saturated carbocycles. The van der Waals surface area contributed by atoms with E-state index >= 15 is 0 Å². The van der Waals surface area contributed by atoms with Crippen LogP contribution in [0.3, 0.4) is 0 Å². The normalized spacial score (nSPS) is 11.5. The quantitative estimate of drug-likeness (QED) is 0.206. The molecular formula is C20H17ClN6O6S. The fourth-order valence-corrected chi connectivity index (χ4v) is 4.60. The number of methoxy groups -OCH3 is 1. The summed E-state index contributed by atoms with van der Waals surface area (Å²) in [6.07, 6.45) is 0. The summed E-state index contributed by atoms with van der Waals surface area (Å²) < 4.78 is 39.8. The second-order valence-electron chi connectivity index (χ2n) is 6.78. The highest BCUT2D eigenvalue weighted by Gasteiger charge is 2.21. The fourth-order valence-electron chi connectivity index (χ4n) is 3.07. The van der Waals surface area contributed by atoms with Gasteiger partial charge < -0.3 is 9.47 Å². The topological polar surface area (TPSA) is 151 Å². The van der Waals surface area contributed by atoms with E-state index in [1.807, 2.05) is 18.2 Å². The van der Waals surface area contributed by atoms with E-state index in [4.69, 9.17) is 21.1 Å². The van der Waals surface area contributed by atoms with E-state index in [1.54, 1.807) is 25.3 Å². The molecule has 0 spiro atoms. The first-order valence-electron chi connectivity index (χ1n) is 9.72. The minimum absolute atomic E-state index is 0.0730. The molecule has 0 fully saturated rings. The number of halogens is 1. The molecule has 2 aromatic heterocycles. The third kappa shape index (κ3) is 4.76. The van der Waals surface area contributed by atoms with Crippen LogP contribution in [0.4, 0.5) is 5.69 Å². The Morgan fingerprint density at radius 3 is 2.71 bits per heavy atom. The number of aromatic nitrogens is 4. The number of nitrogens with one attached hydrogen (secondary N) is 1. The van der Waals surface area contributed by atoms with Crippen molar-refractivity contribution in [3.05, 3.63) is 69.7 Å². The third-order valence-corrected chi connectivity index (χ3v) is 6.59. The molecule has 0 amide bonds.